The van der Waals surface area contributed by atoms with Crippen LogP contribution < -0.4 is 0 Å². The largest absolute Gasteiger partial charge is 0.433 e. The quantitative estimate of drug-likeness (QED) is 0.109. The summed E-state index contributed by atoms with van der Waals surface area (Å²) in [6.45, 7) is 4.30. The molecular formula is C35H45F3N4O. The van der Waals surface area contributed by atoms with Crippen LogP contribution in [-0.4, -0.2) is 38.6 Å². The zero-order chi connectivity index (χ0) is 30.7. The zero-order valence-electron chi connectivity index (χ0n) is 25.7. The number of allylic oxidation sites excluding steroid dienone is 1. The van der Waals surface area contributed by atoms with Crippen LogP contribution in [0.3, 0.4) is 0 Å². The maximum Gasteiger partial charge on any atom is 0.433 e. The molecule has 1 aromatic carbocycles. The van der Waals surface area contributed by atoms with Gasteiger partial charge in [-0.15, -0.1) is 0 Å². The predicted molar refractivity (Wildman–Crippen MR) is 168 cm³/mol. The van der Waals surface area contributed by atoms with Gasteiger partial charge in [-0.3, -0.25) is 19.2 Å². The molecule has 0 saturated carbocycles. The number of alkyl halides is 3. The number of hydrogen-bond donors (Lipinski definition) is 0. The third kappa shape index (κ3) is 8.87. The number of unbranched alkanes of at least 4 members (excludes halogenated alkanes) is 11. The highest BCUT2D eigenvalue weighted by Gasteiger charge is 2.40. The minimum absolute atomic E-state index is 0.000473. The molecule has 0 radical (unpaired) electrons. The molecule has 0 atom stereocenters. The van der Waals surface area contributed by atoms with Crippen LogP contribution in [0, 0.1) is 0 Å². The summed E-state index contributed by atoms with van der Waals surface area (Å²) in [5, 5.41) is 0. The smallest absolute Gasteiger partial charge is 0.297 e. The van der Waals surface area contributed by atoms with Gasteiger partial charge in [0.1, 0.15) is 5.71 Å². The van der Waals surface area contributed by atoms with Gasteiger partial charge < -0.3 is 0 Å². The van der Waals surface area contributed by atoms with Crippen LogP contribution in [0.2, 0.25) is 0 Å². The minimum Gasteiger partial charge on any atom is -0.297 e. The third-order valence-corrected chi connectivity index (χ3v) is 8.33. The Hall–Kier alpha value is -3.29. The summed E-state index contributed by atoms with van der Waals surface area (Å²) in [5.74, 6) is 0.195. The lowest BCUT2D eigenvalue weighted by atomic mass is 9.94. The number of halogens is 3. The second-order valence-electron chi connectivity index (χ2n) is 11.6. The highest BCUT2D eigenvalue weighted by Crippen LogP contribution is 2.32. The van der Waals surface area contributed by atoms with Gasteiger partial charge in [-0.1, -0.05) is 109 Å². The number of fused-ring (bicyclic) bond motifs is 1. The highest BCUT2D eigenvalue weighted by atomic mass is 19.4. The normalized spacial score (nSPS) is 13.5. The van der Waals surface area contributed by atoms with Crippen molar-refractivity contribution in [2.45, 2.75) is 116 Å². The highest BCUT2D eigenvalue weighted by molar-refractivity contribution is 6.27. The van der Waals surface area contributed by atoms with E-state index in [0.29, 0.717) is 29.9 Å². The molecule has 4 rings (SSSR count). The minimum atomic E-state index is -4.52. The summed E-state index contributed by atoms with van der Waals surface area (Å²) in [4.78, 5) is 25.6. The van der Waals surface area contributed by atoms with Gasteiger partial charge in [0.05, 0.1) is 24.1 Å². The van der Waals surface area contributed by atoms with Crippen molar-refractivity contribution in [3.63, 3.8) is 0 Å². The predicted octanol–water partition coefficient (Wildman–Crippen LogP) is 9.56. The number of aryl methyl sites for hydroxylation is 1. The van der Waals surface area contributed by atoms with Crippen LogP contribution >= 0.6 is 0 Å². The lowest BCUT2D eigenvalue weighted by Crippen LogP contribution is -2.23. The van der Waals surface area contributed by atoms with Crippen molar-refractivity contribution in [2.75, 3.05) is 6.54 Å². The van der Waals surface area contributed by atoms with Crippen molar-refractivity contribution in [3.05, 3.63) is 70.9 Å². The number of carbonyl (C=O) groups is 1. The average molecular weight is 595 g/mol. The molecule has 0 saturated heterocycles. The number of Topliss-reactive ketones (excluding diaryl/α,β-unsaturated/α-hetero) is 1. The number of ketones is 1. The molecule has 0 aliphatic carbocycles. The van der Waals surface area contributed by atoms with E-state index in [1.807, 2.05) is 12.1 Å². The molecule has 43 heavy (non-hydrogen) atoms. The van der Waals surface area contributed by atoms with Crippen molar-refractivity contribution in [1.29, 1.82) is 0 Å². The number of carbonyl (C=O) groups excluding carboxylic acids is 1. The molecule has 0 unspecified atom stereocenters. The van der Waals surface area contributed by atoms with Crippen LogP contribution in [0.5, 0.6) is 0 Å². The first kappa shape index (κ1) is 32.6. The number of benzene rings is 1. The summed E-state index contributed by atoms with van der Waals surface area (Å²) in [6, 6.07) is 5.93. The van der Waals surface area contributed by atoms with E-state index < -0.39 is 11.9 Å². The van der Waals surface area contributed by atoms with Crippen molar-refractivity contribution < 1.29 is 18.0 Å². The van der Waals surface area contributed by atoms with E-state index in [1.165, 1.54) is 76.5 Å². The number of hydrogen-bond acceptors (Lipinski definition) is 4. The van der Waals surface area contributed by atoms with Gasteiger partial charge in [0.2, 0.25) is 0 Å². The molecule has 232 valence electrons. The van der Waals surface area contributed by atoms with Gasteiger partial charge in [-0.2, -0.15) is 13.2 Å². The third-order valence-electron chi connectivity index (χ3n) is 8.33. The number of rotatable bonds is 18. The second kappa shape index (κ2) is 16.0. The number of aromatic nitrogens is 3. The summed E-state index contributed by atoms with van der Waals surface area (Å²) in [5.41, 5.74) is 3.48. The van der Waals surface area contributed by atoms with Gasteiger partial charge in [0.25, 0.3) is 0 Å². The van der Waals surface area contributed by atoms with E-state index in [1.54, 1.807) is 16.8 Å². The van der Waals surface area contributed by atoms with Crippen molar-refractivity contribution in [2.24, 2.45) is 4.99 Å². The van der Waals surface area contributed by atoms with Gasteiger partial charge in [-0.05, 0) is 24.0 Å². The first-order chi connectivity index (χ1) is 20.8. The van der Waals surface area contributed by atoms with Crippen LogP contribution in [-0.2, 0) is 12.8 Å². The van der Waals surface area contributed by atoms with Gasteiger partial charge in [-0.25, -0.2) is 4.98 Å². The Morgan fingerprint density at radius 1 is 0.907 bits per heavy atom. The van der Waals surface area contributed by atoms with E-state index in [9.17, 15) is 18.0 Å². The average Bonchev–Trinajstić information content (AvgIpc) is 3.65. The van der Waals surface area contributed by atoms with Crippen molar-refractivity contribution in [1.82, 2.24) is 14.4 Å². The molecule has 1 aliphatic heterocycles. The first-order valence-electron chi connectivity index (χ1n) is 16.1. The summed E-state index contributed by atoms with van der Waals surface area (Å²) < 4.78 is 42.1. The molecule has 2 aromatic heterocycles. The maximum absolute atomic E-state index is 13.5. The molecule has 5 nitrogen and oxygen atoms in total. The fraction of sp³-hybridized carbons (Fsp3) is 0.543. The van der Waals surface area contributed by atoms with E-state index >= 15 is 0 Å². The molecule has 0 N–H and O–H groups in total. The lowest BCUT2D eigenvalue weighted by molar-refractivity contribution is -0.0571. The molecule has 0 bridgehead atoms. The summed E-state index contributed by atoms with van der Waals surface area (Å²) >= 11 is 0. The maximum atomic E-state index is 13.5. The van der Waals surface area contributed by atoms with E-state index in [4.69, 9.17) is 0 Å². The topological polar surface area (TPSA) is 59.6 Å². The Bertz CT molecular complexity index is 1420. The molecule has 0 spiro atoms. The van der Waals surface area contributed by atoms with E-state index in [-0.39, 0.29) is 17.9 Å². The van der Waals surface area contributed by atoms with Crippen LogP contribution in [0.1, 0.15) is 130 Å². The Kier molecular flexibility index (Phi) is 12.1. The molecule has 3 aromatic rings. The lowest BCUT2D eigenvalue weighted by Gasteiger charge is -2.12. The second-order valence-corrected chi connectivity index (χ2v) is 11.6. The van der Waals surface area contributed by atoms with Crippen LogP contribution in [0.25, 0.3) is 11.2 Å². The molecule has 0 fully saturated rings. The molecule has 0 amide bonds. The van der Waals surface area contributed by atoms with Crippen molar-refractivity contribution in [3.8, 4) is 0 Å². The van der Waals surface area contributed by atoms with Gasteiger partial charge >= 0.3 is 6.18 Å². The number of imidazole rings is 1. The SMILES string of the molecule is CCCCCCCCCCCCCCC(=O)c1ccc(Cc2nccn3c(C4=CCN=C4C(F)(F)F)cnc23)cc1CC. The molecule has 3 heterocycles. The Morgan fingerprint density at radius 2 is 1.58 bits per heavy atom. The van der Waals surface area contributed by atoms with Crippen LogP contribution in [0.15, 0.2) is 47.9 Å². The Labute approximate surface area is 253 Å². The zero-order valence-corrected chi connectivity index (χ0v) is 25.7. The number of aliphatic imine (C=N–C) groups is 1. The molecule has 1 aliphatic rings. The van der Waals surface area contributed by atoms with Crippen LogP contribution in [0.4, 0.5) is 13.2 Å². The number of nitrogens with zero attached hydrogens (tertiary/aromatic N) is 4. The molecule has 8 heteroatoms. The Morgan fingerprint density at radius 3 is 2.23 bits per heavy atom. The van der Waals surface area contributed by atoms with Crippen molar-refractivity contribution >= 4 is 22.7 Å². The molecular weight excluding hydrogens is 549 g/mol. The summed E-state index contributed by atoms with van der Waals surface area (Å²) in [6.07, 6.45) is 18.6. The fourth-order valence-electron chi connectivity index (χ4n) is 5.95. The Balaban J connectivity index is 1.30. The first-order valence-corrected chi connectivity index (χ1v) is 16.1. The monoisotopic (exact) mass is 594 g/mol. The fourth-order valence-corrected chi connectivity index (χ4v) is 5.95. The van der Waals surface area contributed by atoms with Gasteiger partial charge in [0, 0.05) is 36.4 Å². The van der Waals surface area contributed by atoms with E-state index in [0.717, 1.165) is 36.0 Å². The standard InChI is InChI=1S/C35H45F3N4O/c1-3-5-6-7-8-9-10-11-12-13-14-15-16-32(43)28-18-17-26(23-27(28)4-2)24-30-34-41-25-31(42(34)22-21-39-30)29-19-20-40-33(29)35(36,37)38/h17-19,21-23,25H,3-16,20,24H2,1-2H3. The van der Waals surface area contributed by atoms with Gasteiger partial charge in [0.15, 0.2) is 11.4 Å². The van der Waals surface area contributed by atoms with E-state index in [2.05, 4.69) is 34.9 Å². The summed E-state index contributed by atoms with van der Waals surface area (Å²) in [7, 11) is 0.